The lowest BCUT2D eigenvalue weighted by molar-refractivity contribution is 0.414. The number of hydrogen-bond acceptors (Lipinski definition) is 6. The van der Waals surface area contributed by atoms with Crippen molar-refractivity contribution < 1.29 is 26.0 Å². The molecule has 1 N–H and O–H groups in total. The van der Waals surface area contributed by atoms with Gasteiger partial charge in [-0.1, -0.05) is 12.1 Å². The van der Waals surface area contributed by atoms with Crippen molar-refractivity contribution in [2.45, 2.75) is 22.6 Å². The molecule has 0 amide bonds. The third-order valence-corrected chi connectivity index (χ3v) is 8.99. The number of halogens is 1. The number of nitrogens with one attached hydrogen (secondary N) is 1. The van der Waals surface area contributed by atoms with E-state index in [-0.39, 0.29) is 16.5 Å². The van der Waals surface area contributed by atoms with Crippen LogP contribution in [0.5, 0.6) is 5.75 Å². The molecular formula is C19H22FNO5S2. The molecule has 1 aliphatic heterocycles. The molecule has 1 saturated heterocycles. The highest BCUT2D eigenvalue weighted by atomic mass is 32.2. The highest BCUT2D eigenvalue weighted by Crippen LogP contribution is 2.27. The lowest BCUT2D eigenvalue weighted by Gasteiger charge is -2.20. The van der Waals surface area contributed by atoms with Gasteiger partial charge >= 0.3 is 0 Å². The smallest absolute Gasteiger partial charge is 0.183 e. The Hall–Kier alpha value is -1.97. The Morgan fingerprint density at radius 1 is 1.07 bits per heavy atom. The van der Waals surface area contributed by atoms with Crippen molar-refractivity contribution in [3.63, 3.8) is 0 Å². The molecule has 2 atom stereocenters. The Morgan fingerprint density at radius 2 is 1.71 bits per heavy atom. The van der Waals surface area contributed by atoms with Crippen LogP contribution in [0.2, 0.25) is 0 Å². The van der Waals surface area contributed by atoms with Crippen molar-refractivity contribution >= 4 is 19.7 Å². The van der Waals surface area contributed by atoms with Gasteiger partial charge in [0.05, 0.1) is 28.8 Å². The number of hydrogen-bond donors (Lipinski definition) is 1. The lowest BCUT2D eigenvalue weighted by Crippen LogP contribution is -2.44. The van der Waals surface area contributed by atoms with E-state index in [0.717, 1.165) is 5.56 Å². The van der Waals surface area contributed by atoms with E-state index < -0.39 is 36.7 Å². The minimum atomic E-state index is -3.83. The van der Waals surface area contributed by atoms with Gasteiger partial charge in [0, 0.05) is 6.04 Å². The van der Waals surface area contributed by atoms with Crippen LogP contribution in [0.3, 0.4) is 0 Å². The van der Waals surface area contributed by atoms with E-state index in [1.807, 2.05) is 0 Å². The molecule has 152 valence electrons. The highest BCUT2D eigenvalue weighted by molar-refractivity contribution is 7.96. The summed E-state index contributed by atoms with van der Waals surface area (Å²) in [5, 5.41) is 2.02. The van der Waals surface area contributed by atoms with Gasteiger partial charge in [0.1, 0.15) is 11.6 Å². The molecule has 1 fully saturated rings. The molecule has 9 heteroatoms. The van der Waals surface area contributed by atoms with E-state index >= 15 is 0 Å². The first kappa shape index (κ1) is 20.8. The van der Waals surface area contributed by atoms with Gasteiger partial charge < -0.3 is 10.1 Å². The largest absolute Gasteiger partial charge is 0.497 e. The Kier molecular flexibility index (Phi) is 6.07. The molecule has 2 unspecified atom stereocenters. The second-order valence-corrected chi connectivity index (χ2v) is 11.1. The van der Waals surface area contributed by atoms with Crippen molar-refractivity contribution in [2.24, 2.45) is 0 Å². The molecule has 28 heavy (non-hydrogen) atoms. The summed E-state index contributed by atoms with van der Waals surface area (Å²) in [6.45, 7) is 0.389. The molecule has 0 aliphatic carbocycles. The maximum absolute atomic E-state index is 13.0. The van der Waals surface area contributed by atoms with Crippen molar-refractivity contribution in [2.75, 3.05) is 25.2 Å². The standard InChI is InChI=1S/C19H22FNO5S2/c1-26-16-6-8-17(9-7-16)28(24,25)19-13-27(22,23)12-18(19)21-11-10-14-2-4-15(20)5-3-14/h2-9,18-19,21H,10-13H2,1H3. The molecule has 2 aromatic rings. The van der Waals surface area contributed by atoms with Crippen LogP contribution in [0.25, 0.3) is 0 Å². The number of methoxy groups -OCH3 is 1. The van der Waals surface area contributed by atoms with Gasteiger partial charge in [-0.05, 0) is 54.9 Å². The molecule has 1 aliphatic rings. The number of ether oxygens (including phenoxy) is 1. The van der Waals surface area contributed by atoms with Crippen molar-refractivity contribution in [1.29, 1.82) is 0 Å². The van der Waals surface area contributed by atoms with E-state index in [0.29, 0.717) is 18.7 Å². The average molecular weight is 428 g/mol. The van der Waals surface area contributed by atoms with E-state index in [1.165, 1.54) is 43.5 Å². The van der Waals surface area contributed by atoms with Gasteiger partial charge in [-0.3, -0.25) is 0 Å². The van der Waals surface area contributed by atoms with Crippen molar-refractivity contribution in [3.8, 4) is 5.75 Å². The predicted octanol–water partition coefficient (Wildman–Crippen LogP) is 1.61. The summed E-state index contributed by atoms with van der Waals surface area (Å²) in [5.41, 5.74) is 0.879. The van der Waals surface area contributed by atoms with Gasteiger partial charge in [-0.25, -0.2) is 21.2 Å². The third kappa shape index (κ3) is 4.71. The molecule has 0 radical (unpaired) electrons. The summed E-state index contributed by atoms with van der Waals surface area (Å²) in [5.74, 6) is -0.442. The van der Waals surface area contributed by atoms with Crippen LogP contribution in [-0.4, -0.2) is 53.3 Å². The number of benzene rings is 2. The quantitative estimate of drug-likeness (QED) is 0.722. The van der Waals surface area contributed by atoms with Gasteiger partial charge in [-0.15, -0.1) is 0 Å². The zero-order valence-electron chi connectivity index (χ0n) is 15.3. The SMILES string of the molecule is COc1ccc(S(=O)(=O)C2CS(=O)(=O)CC2NCCc2ccc(F)cc2)cc1. The van der Waals surface area contributed by atoms with Crippen LogP contribution in [0.1, 0.15) is 5.56 Å². The molecule has 1 heterocycles. The fourth-order valence-electron chi connectivity index (χ4n) is 3.30. The Labute approximate surface area is 164 Å². The van der Waals surface area contributed by atoms with Crippen LogP contribution < -0.4 is 10.1 Å². The Bertz CT molecular complexity index is 1020. The van der Waals surface area contributed by atoms with Crippen molar-refractivity contribution in [1.82, 2.24) is 5.32 Å². The number of sulfone groups is 2. The Balaban J connectivity index is 1.74. The fraction of sp³-hybridized carbons (Fsp3) is 0.368. The van der Waals surface area contributed by atoms with E-state index in [1.54, 1.807) is 12.1 Å². The topological polar surface area (TPSA) is 89.5 Å². The summed E-state index contributed by atoms with van der Waals surface area (Å²) < 4.78 is 68.3. The maximum Gasteiger partial charge on any atom is 0.183 e. The van der Waals surface area contributed by atoms with Gasteiger partial charge in [0.2, 0.25) is 0 Å². The van der Waals surface area contributed by atoms with Crippen LogP contribution in [0.15, 0.2) is 53.4 Å². The molecule has 0 bridgehead atoms. The molecule has 0 saturated carbocycles. The van der Waals surface area contributed by atoms with E-state index in [9.17, 15) is 21.2 Å². The second kappa shape index (κ2) is 8.18. The first-order valence-corrected chi connectivity index (χ1v) is 12.1. The van der Waals surface area contributed by atoms with Gasteiger partial charge in [0.25, 0.3) is 0 Å². The third-order valence-electron chi connectivity index (χ3n) is 4.82. The summed E-state index contributed by atoms with van der Waals surface area (Å²) >= 11 is 0. The van der Waals surface area contributed by atoms with Crippen LogP contribution in [0.4, 0.5) is 4.39 Å². The van der Waals surface area contributed by atoms with Crippen molar-refractivity contribution in [3.05, 3.63) is 59.9 Å². The molecule has 3 rings (SSSR count). The predicted molar refractivity (Wildman–Crippen MR) is 105 cm³/mol. The average Bonchev–Trinajstić information content (AvgIpc) is 2.99. The lowest BCUT2D eigenvalue weighted by atomic mass is 10.1. The number of rotatable bonds is 7. The normalized spacial score (nSPS) is 21.5. The van der Waals surface area contributed by atoms with Crippen LogP contribution in [-0.2, 0) is 26.1 Å². The minimum Gasteiger partial charge on any atom is -0.497 e. The van der Waals surface area contributed by atoms with Gasteiger partial charge in [-0.2, -0.15) is 0 Å². The summed E-state index contributed by atoms with van der Waals surface area (Å²) in [4.78, 5) is 0.0701. The second-order valence-electron chi connectivity index (χ2n) is 6.77. The summed E-state index contributed by atoms with van der Waals surface area (Å²) in [6, 6.07) is 11.2. The summed E-state index contributed by atoms with van der Waals surface area (Å²) in [7, 11) is -5.82. The Morgan fingerprint density at radius 3 is 2.32 bits per heavy atom. The fourth-order valence-corrected chi connectivity index (χ4v) is 8.02. The first-order valence-electron chi connectivity index (χ1n) is 8.77. The first-order chi connectivity index (χ1) is 13.2. The molecule has 2 aromatic carbocycles. The zero-order chi connectivity index (χ0) is 20.4. The van der Waals surface area contributed by atoms with E-state index in [2.05, 4.69) is 5.32 Å². The van der Waals surface area contributed by atoms with Gasteiger partial charge in [0.15, 0.2) is 19.7 Å². The monoisotopic (exact) mass is 427 g/mol. The highest BCUT2D eigenvalue weighted by Gasteiger charge is 2.45. The maximum atomic E-state index is 13.0. The van der Waals surface area contributed by atoms with Crippen LogP contribution >= 0.6 is 0 Å². The molecule has 0 spiro atoms. The minimum absolute atomic E-state index is 0.0701. The zero-order valence-corrected chi connectivity index (χ0v) is 17.0. The van der Waals surface area contributed by atoms with E-state index in [4.69, 9.17) is 4.74 Å². The molecule has 6 nitrogen and oxygen atoms in total. The molecule has 0 aromatic heterocycles. The summed E-state index contributed by atoms with van der Waals surface area (Å²) in [6.07, 6.45) is 0.534. The van der Waals surface area contributed by atoms with Crippen LogP contribution in [0, 0.1) is 5.82 Å². The molecular weight excluding hydrogens is 405 g/mol.